The van der Waals surface area contributed by atoms with E-state index in [4.69, 9.17) is 11.5 Å². The fourth-order valence-corrected chi connectivity index (χ4v) is 0.620. The first kappa shape index (κ1) is 7.26. The molecule has 0 saturated heterocycles. The number of carbonyl (C=O) groups is 1. The van der Waals surface area contributed by atoms with Gasteiger partial charge in [-0.25, -0.2) is 9.97 Å². The number of carbonyl (C=O) groups excluding carboxylic acids is 1. The summed E-state index contributed by atoms with van der Waals surface area (Å²) in [5, 5.41) is 2.29. The normalized spacial score (nSPS) is 9.09. The van der Waals surface area contributed by atoms with Crippen molar-refractivity contribution in [3.8, 4) is 0 Å². The number of nitrogens with one attached hydrogen (secondary N) is 1. The molecule has 1 aromatic heterocycles. The molecule has 1 amide bonds. The van der Waals surface area contributed by atoms with Crippen molar-refractivity contribution in [3.63, 3.8) is 0 Å². The van der Waals surface area contributed by atoms with Crippen LogP contribution in [0.5, 0.6) is 0 Å². The molecule has 0 bridgehead atoms. The van der Waals surface area contributed by atoms with Gasteiger partial charge in [-0.2, -0.15) is 0 Å². The Balaban J connectivity index is 3.09. The van der Waals surface area contributed by atoms with Gasteiger partial charge in [0.05, 0.1) is 0 Å². The molecular formula is C5H7N5O. The number of rotatable bonds is 2. The molecule has 1 rings (SSSR count). The fraction of sp³-hybridized carbons (Fsp3) is 0. The van der Waals surface area contributed by atoms with Gasteiger partial charge in [0.1, 0.15) is 12.0 Å². The zero-order valence-electron chi connectivity index (χ0n) is 5.61. The Hall–Kier alpha value is -1.85. The Bertz CT molecular complexity index is 253. The lowest BCUT2D eigenvalue weighted by Crippen LogP contribution is -2.06. The Morgan fingerprint density at radius 1 is 1.36 bits per heavy atom. The average molecular weight is 153 g/mol. The third kappa shape index (κ3) is 1.34. The van der Waals surface area contributed by atoms with Gasteiger partial charge < -0.3 is 16.8 Å². The van der Waals surface area contributed by atoms with E-state index in [0.717, 1.165) is 0 Å². The van der Waals surface area contributed by atoms with Crippen LogP contribution in [-0.2, 0) is 4.79 Å². The van der Waals surface area contributed by atoms with Gasteiger partial charge in [-0.3, -0.25) is 4.79 Å². The van der Waals surface area contributed by atoms with E-state index in [9.17, 15) is 4.79 Å². The first-order valence-corrected chi connectivity index (χ1v) is 2.82. The van der Waals surface area contributed by atoms with Crippen molar-refractivity contribution < 1.29 is 4.79 Å². The highest BCUT2D eigenvalue weighted by Crippen LogP contribution is 2.19. The molecule has 0 aromatic carbocycles. The first-order chi connectivity index (χ1) is 5.25. The number of hydrogen-bond donors (Lipinski definition) is 3. The largest absolute Gasteiger partial charge is 0.382 e. The molecule has 0 saturated carbocycles. The highest BCUT2D eigenvalue weighted by Gasteiger charge is 2.03. The molecule has 0 aliphatic rings. The molecule has 6 heteroatoms. The maximum Gasteiger partial charge on any atom is 0.211 e. The van der Waals surface area contributed by atoms with E-state index in [-0.39, 0.29) is 17.3 Å². The summed E-state index contributed by atoms with van der Waals surface area (Å²) in [6.45, 7) is 0. The third-order valence-electron chi connectivity index (χ3n) is 1.11. The summed E-state index contributed by atoms with van der Waals surface area (Å²) in [6, 6.07) is 0. The van der Waals surface area contributed by atoms with E-state index in [0.29, 0.717) is 6.41 Å². The van der Waals surface area contributed by atoms with E-state index in [1.54, 1.807) is 0 Å². The van der Waals surface area contributed by atoms with E-state index in [2.05, 4.69) is 15.3 Å². The Morgan fingerprint density at radius 3 is 2.36 bits per heavy atom. The molecule has 11 heavy (non-hydrogen) atoms. The second kappa shape index (κ2) is 2.82. The van der Waals surface area contributed by atoms with Gasteiger partial charge in [0.25, 0.3) is 0 Å². The monoisotopic (exact) mass is 153 g/mol. The van der Waals surface area contributed by atoms with Gasteiger partial charge in [0.15, 0.2) is 11.6 Å². The van der Waals surface area contributed by atoms with Gasteiger partial charge in [0.2, 0.25) is 6.41 Å². The van der Waals surface area contributed by atoms with Crippen molar-refractivity contribution in [2.45, 2.75) is 0 Å². The van der Waals surface area contributed by atoms with Crippen LogP contribution in [0, 0.1) is 0 Å². The van der Waals surface area contributed by atoms with Crippen LogP contribution in [0.3, 0.4) is 0 Å². The van der Waals surface area contributed by atoms with Crippen molar-refractivity contribution in [2.24, 2.45) is 0 Å². The van der Waals surface area contributed by atoms with Crippen LogP contribution in [0.2, 0.25) is 0 Å². The van der Waals surface area contributed by atoms with Crippen molar-refractivity contribution >= 4 is 23.7 Å². The van der Waals surface area contributed by atoms with Gasteiger partial charge in [-0.05, 0) is 0 Å². The van der Waals surface area contributed by atoms with E-state index in [1.165, 1.54) is 6.33 Å². The lowest BCUT2D eigenvalue weighted by molar-refractivity contribution is -0.105. The molecule has 0 radical (unpaired) electrons. The smallest absolute Gasteiger partial charge is 0.211 e. The number of hydrogen-bond acceptors (Lipinski definition) is 5. The van der Waals surface area contributed by atoms with Gasteiger partial charge >= 0.3 is 0 Å². The molecule has 0 spiro atoms. The summed E-state index contributed by atoms with van der Waals surface area (Å²) >= 11 is 0. The molecule has 0 aliphatic heterocycles. The first-order valence-electron chi connectivity index (χ1n) is 2.82. The molecular weight excluding hydrogens is 146 g/mol. The second-order valence-corrected chi connectivity index (χ2v) is 1.78. The quantitative estimate of drug-likeness (QED) is 0.482. The number of aromatic nitrogens is 2. The van der Waals surface area contributed by atoms with Crippen molar-refractivity contribution in [3.05, 3.63) is 6.33 Å². The van der Waals surface area contributed by atoms with Crippen LogP contribution in [0.15, 0.2) is 6.33 Å². The van der Waals surface area contributed by atoms with Crippen LogP contribution in [0.4, 0.5) is 17.3 Å². The number of nitrogens with zero attached hydrogens (tertiary/aromatic N) is 2. The standard InChI is InChI=1S/C5H7N5O/c6-4-3(10-2-11)5(7)9-1-8-4/h1-2H,(H,10,11)(H4,6,7,8,9). The molecule has 0 atom stereocenters. The number of anilines is 3. The van der Waals surface area contributed by atoms with Gasteiger partial charge in [0, 0.05) is 0 Å². The van der Waals surface area contributed by atoms with Crippen molar-refractivity contribution in [1.29, 1.82) is 0 Å². The minimum absolute atomic E-state index is 0.157. The maximum absolute atomic E-state index is 10.0. The predicted octanol–water partition coefficient (Wildman–Crippen LogP) is -0.791. The summed E-state index contributed by atoms with van der Waals surface area (Å²) in [5.74, 6) is 0.314. The summed E-state index contributed by atoms with van der Waals surface area (Å²) in [7, 11) is 0. The minimum atomic E-state index is 0.157. The number of amides is 1. The Kier molecular flexibility index (Phi) is 1.86. The fourth-order valence-electron chi connectivity index (χ4n) is 0.620. The summed E-state index contributed by atoms with van der Waals surface area (Å²) in [4.78, 5) is 17.2. The lowest BCUT2D eigenvalue weighted by Gasteiger charge is -2.03. The molecule has 0 fully saturated rings. The molecule has 1 heterocycles. The average Bonchev–Trinajstić information content (AvgIpc) is 1.97. The van der Waals surface area contributed by atoms with Gasteiger partial charge in [-0.15, -0.1) is 0 Å². The predicted molar refractivity (Wildman–Crippen MR) is 40.5 cm³/mol. The molecule has 6 nitrogen and oxygen atoms in total. The SMILES string of the molecule is Nc1ncnc(N)c1NC=O. The Labute approximate surface area is 62.6 Å². The third-order valence-corrected chi connectivity index (χ3v) is 1.11. The molecule has 5 N–H and O–H groups in total. The van der Waals surface area contributed by atoms with E-state index >= 15 is 0 Å². The number of nitrogens with two attached hydrogens (primary N) is 2. The highest BCUT2D eigenvalue weighted by molar-refractivity contribution is 5.84. The molecule has 1 aromatic rings. The second-order valence-electron chi connectivity index (χ2n) is 1.78. The van der Waals surface area contributed by atoms with Crippen molar-refractivity contribution in [1.82, 2.24) is 9.97 Å². The minimum Gasteiger partial charge on any atom is -0.382 e. The summed E-state index contributed by atoms with van der Waals surface area (Å²) in [6.07, 6.45) is 1.69. The molecule has 58 valence electrons. The van der Waals surface area contributed by atoms with E-state index in [1.807, 2.05) is 0 Å². The van der Waals surface area contributed by atoms with E-state index < -0.39 is 0 Å². The molecule has 0 unspecified atom stereocenters. The zero-order valence-corrected chi connectivity index (χ0v) is 5.61. The summed E-state index contributed by atoms with van der Waals surface area (Å²) < 4.78 is 0. The zero-order chi connectivity index (χ0) is 8.27. The summed E-state index contributed by atoms with van der Waals surface area (Å²) in [5.41, 5.74) is 11.0. The van der Waals surface area contributed by atoms with Crippen LogP contribution in [0.25, 0.3) is 0 Å². The molecule has 0 aliphatic carbocycles. The number of nitrogen functional groups attached to an aromatic ring is 2. The maximum atomic E-state index is 10.0. The van der Waals surface area contributed by atoms with Crippen LogP contribution >= 0.6 is 0 Å². The highest BCUT2D eigenvalue weighted by atomic mass is 16.1. The topological polar surface area (TPSA) is 107 Å². The van der Waals surface area contributed by atoms with Crippen LogP contribution < -0.4 is 16.8 Å². The van der Waals surface area contributed by atoms with Crippen LogP contribution in [0.1, 0.15) is 0 Å². The van der Waals surface area contributed by atoms with Crippen molar-refractivity contribution in [2.75, 3.05) is 16.8 Å². The lowest BCUT2D eigenvalue weighted by atomic mass is 10.4. The van der Waals surface area contributed by atoms with Crippen LogP contribution in [-0.4, -0.2) is 16.4 Å². The van der Waals surface area contributed by atoms with Gasteiger partial charge in [-0.1, -0.05) is 0 Å². The Morgan fingerprint density at radius 2 is 1.91 bits per heavy atom.